The van der Waals surface area contributed by atoms with Gasteiger partial charge in [0.2, 0.25) is 0 Å². The molecule has 0 spiro atoms. The first kappa shape index (κ1) is 17.9. The topological polar surface area (TPSA) is 52.6 Å². The van der Waals surface area contributed by atoms with Gasteiger partial charge in [-0.2, -0.15) is 0 Å². The van der Waals surface area contributed by atoms with Crippen molar-refractivity contribution in [2.45, 2.75) is 13.8 Å². The zero-order valence-electron chi connectivity index (χ0n) is 12.6. The predicted octanol–water partition coefficient (Wildman–Crippen LogP) is 4.76. The van der Waals surface area contributed by atoms with E-state index in [1.807, 2.05) is 13.0 Å². The maximum Gasteiger partial charge on any atom is 0.343 e. The number of esters is 2. The molecule has 0 radical (unpaired) electrons. The molecular weight excluding hydrogens is 475 g/mol. The van der Waals surface area contributed by atoms with Crippen molar-refractivity contribution >= 4 is 50.5 Å². The quantitative estimate of drug-likeness (QED) is 0.354. The van der Waals surface area contributed by atoms with Crippen molar-refractivity contribution in [1.29, 1.82) is 0 Å². The summed E-state index contributed by atoms with van der Waals surface area (Å²) in [5, 5.41) is 0. The summed E-state index contributed by atoms with van der Waals surface area (Å²) in [6.07, 6.45) is 0. The normalized spacial score (nSPS) is 10.3. The van der Waals surface area contributed by atoms with Crippen LogP contribution < -0.4 is 4.74 Å². The van der Waals surface area contributed by atoms with E-state index in [2.05, 4.69) is 38.5 Å². The number of hydrogen-bond donors (Lipinski definition) is 0. The van der Waals surface area contributed by atoms with E-state index in [1.165, 1.54) is 0 Å². The molecule has 2 rings (SSSR count). The first-order valence-corrected chi connectivity index (χ1v) is 8.74. The minimum absolute atomic E-state index is 0.305. The van der Waals surface area contributed by atoms with Crippen LogP contribution in [-0.4, -0.2) is 18.5 Å². The summed E-state index contributed by atoms with van der Waals surface area (Å²) in [6, 6.07) is 10.1. The Hall–Kier alpha value is -1.41. The molecule has 0 aromatic heterocycles. The highest BCUT2D eigenvalue weighted by molar-refractivity contribution is 14.1. The van der Waals surface area contributed by atoms with Crippen LogP contribution in [0.3, 0.4) is 0 Å². The summed E-state index contributed by atoms with van der Waals surface area (Å²) in [7, 11) is 0. The van der Waals surface area contributed by atoms with Gasteiger partial charge >= 0.3 is 11.9 Å². The number of benzene rings is 2. The van der Waals surface area contributed by atoms with Gasteiger partial charge in [0.05, 0.1) is 22.2 Å². The largest absolute Gasteiger partial charge is 0.462 e. The third-order valence-corrected chi connectivity index (χ3v) is 4.84. The number of hydrogen-bond acceptors (Lipinski definition) is 4. The minimum atomic E-state index is -0.451. The van der Waals surface area contributed by atoms with Gasteiger partial charge in [-0.15, -0.1) is 0 Å². The molecule has 0 N–H and O–H groups in total. The van der Waals surface area contributed by atoms with Crippen molar-refractivity contribution in [1.82, 2.24) is 0 Å². The zero-order chi connectivity index (χ0) is 17.0. The molecule has 0 aliphatic rings. The lowest BCUT2D eigenvalue weighted by Gasteiger charge is -2.09. The number of ether oxygens (including phenoxy) is 2. The van der Waals surface area contributed by atoms with Crippen molar-refractivity contribution in [3.63, 3.8) is 0 Å². The van der Waals surface area contributed by atoms with Gasteiger partial charge in [-0.3, -0.25) is 0 Å². The molecule has 0 unspecified atom stereocenters. The maximum absolute atomic E-state index is 12.2. The van der Waals surface area contributed by atoms with Crippen molar-refractivity contribution < 1.29 is 19.1 Å². The molecule has 0 aliphatic heterocycles. The average Bonchev–Trinajstić information content (AvgIpc) is 2.52. The van der Waals surface area contributed by atoms with E-state index in [0.717, 1.165) is 9.13 Å². The average molecular weight is 489 g/mol. The second-order valence-electron chi connectivity index (χ2n) is 4.72. The number of aryl methyl sites for hydroxylation is 1. The standard InChI is InChI=1S/C17H14BrIO4/c1-3-22-16(20)11-6-7-15(13(18)8-11)23-17(21)12-5-4-10(2)14(19)9-12/h4-9H,3H2,1-2H3. The monoisotopic (exact) mass is 488 g/mol. The highest BCUT2D eigenvalue weighted by Gasteiger charge is 2.14. The molecule has 2 aromatic carbocycles. The molecule has 23 heavy (non-hydrogen) atoms. The molecule has 2 aromatic rings. The molecule has 0 saturated carbocycles. The lowest BCUT2D eigenvalue weighted by atomic mass is 10.1. The van der Waals surface area contributed by atoms with Crippen LogP contribution in [0.15, 0.2) is 40.9 Å². The molecule has 0 atom stereocenters. The number of carbonyl (C=O) groups excluding carboxylic acids is 2. The fraction of sp³-hybridized carbons (Fsp3) is 0.176. The second kappa shape index (κ2) is 7.92. The van der Waals surface area contributed by atoms with E-state index in [1.54, 1.807) is 37.3 Å². The van der Waals surface area contributed by atoms with E-state index in [0.29, 0.717) is 28.0 Å². The van der Waals surface area contributed by atoms with Gasteiger partial charge in [0.15, 0.2) is 0 Å². The van der Waals surface area contributed by atoms with Crippen LogP contribution in [0.1, 0.15) is 33.2 Å². The van der Waals surface area contributed by atoms with Crippen LogP contribution in [0, 0.1) is 10.5 Å². The van der Waals surface area contributed by atoms with Gasteiger partial charge in [-0.1, -0.05) is 6.07 Å². The van der Waals surface area contributed by atoms with Crippen LogP contribution in [0.5, 0.6) is 5.75 Å². The van der Waals surface area contributed by atoms with Gasteiger partial charge in [0.1, 0.15) is 5.75 Å². The van der Waals surface area contributed by atoms with Gasteiger partial charge in [-0.25, -0.2) is 9.59 Å². The Morgan fingerprint density at radius 1 is 1.09 bits per heavy atom. The highest BCUT2D eigenvalue weighted by Crippen LogP contribution is 2.27. The fourth-order valence-electron chi connectivity index (χ4n) is 1.80. The summed E-state index contributed by atoms with van der Waals surface area (Å²) in [4.78, 5) is 23.9. The molecular formula is C17H14BrIO4. The Labute approximate surface area is 156 Å². The summed E-state index contributed by atoms with van der Waals surface area (Å²) in [5.74, 6) is -0.523. The van der Waals surface area contributed by atoms with Crippen molar-refractivity contribution in [2.24, 2.45) is 0 Å². The van der Waals surface area contributed by atoms with Crippen molar-refractivity contribution in [3.8, 4) is 5.75 Å². The highest BCUT2D eigenvalue weighted by atomic mass is 127. The molecule has 0 saturated heterocycles. The Morgan fingerprint density at radius 3 is 2.35 bits per heavy atom. The maximum atomic E-state index is 12.2. The molecule has 0 aliphatic carbocycles. The first-order valence-electron chi connectivity index (χ1n) is 6.87. The second-order valence-corrected chi connectivity index (χ2v) is 6.74. The molecule has 120 valence electrons. The van der Waals surface area contributed by atoms with Crippen LogP contribution in [0.2, 0.25) is 0 Å². The molecule has 0 bridgehead atoms. The Bertz CT molecular complexity index is 758. The Morgan fingerprint density at radius 2 is 1.74 bits per heavy atom. The van der Waals surface area contributed by atoms with Crippen LogP contribution in [-0.2, 0) is 4.74 Å². The number of rotatable bonds is 4. The Balaban J connectivity index is 2.18. The lowest BCUT2D eigenvalue weighted by Crippen LogP contribution is -2.10. The molecule has 0 fully saturated rings. The van der Waals surface area contributed by atoms with Gasteiger partial charge in [0.25, 0.3) is 0 Å². The first-order chi connectivity index (χ1) is 10.9. The summed E-state index contributed by atoms with van der Waals surface area (Å²) >= 11 is 5.48. The smallest absolute Gasteiger partial charge is 0.343 e. The molecule has 6 heteroatoms. The van der Waals surface area contributed by atoms with E-state index < -0.39 is 11.9 Å². The molecule has 0 heterocycles. The van der Waals surface area contributed by atoms with Crippen LogP contribution >= 0.6 is 38.5 Å². The van der Waals surface area contributed by atoms with E-state index in [4.69, 9.17) is 9.47 Å². The van der Waals surface area contributed by atoms with E-state index >= 15 is 0 Å². The molecule has 0 amide bonds. The van der Waals surface area contributed by atoms with Gasteiger partial charge in [0, 0.05) is 3.57 Å². The van der Waals surface area contributed by atoms with Crippen LogP contribution in [0.25, 0.3) is 0 Å². The summed E-state index contributed by atoms with van der Waals surface area (Å²) in [6.45, 7) is 4.02. The lowest BCUT2D eigenvalue weighted by molar-refractivity contribution is 0.0526. The predicted molar refractivity (Wildman–Crippen MR) is 99.0 cm³/mol. The van der Waals surface area contributed by atoms with Crippen LogP contribution in [0.4, 0.5) is 0 Å². The number of halogens is 2. The third-order valence-electron chi connectivity index (χ3n) is 3.05. The SMILES string of the molecule is CCOC(=O)c1ccc(OC(=O)c2ccc(C)c(I)c2)c(Br)c1. The summed E-state index contributed by atoms with van der Waals surface area (Å²) in [5.41, 5.74) is 1.96. The van der Waals surface area contributed by atoms with Gasteiger partial charge in [-0.05, 0) is 88.3 Å². The minimum Gasteiger partial charge on any atom is -0.462 e. The van der Waals surface area contributed by atoms with E-state index in [9.17, 15) is 9.59 Å². The number of carbonyl (C=O) groups is 2. The zero-order valence-corrected chi connectivity index (χ0v) is 16.3. The fourth-order valence-corrected chi connectivity index (χ4v) is 2.78. The van der Waals surface area contributed by atoms with Gasteiger partial charge < -0.3 is 9.47 Å². The Kier molecular flexibility index (Phi) is 6.17. The van der Waals surface area contributed by atoms with E-state index in [-0.39, 0.29) is 0 Å². The van der Waals surface area contributed by atoms with Crippen molar-refractivity contribution in [3.05, 3.63) is 61.1 Å². The third kappa shape index (κ3) is 4.54. The summed E-state index contributed by atoms with van der Waals surface area (Å²) < 4.78 is 11.8. The van der Waals surface area contributed by atoms with Crippen molar-refractivity contribution in [2.75, 3.05) is 6.61 Å². The molecule has 4 nitrogen and oxygen atoms in total.